The van der Waals surface area contributed by atoms with Gasteiger partial charge in [0.1, 0.15) is 11.5 Å². The lowest BCUT2D eigenvalue weighted by Gasteiger charge is -2.07. The van der Waals surface area contributed by atoms with Crippen LogP contribution >= 0.6 is 0 Å². The third-order valence-corrected chi connectivity index (χ3v) is 2.16. The second-order valence-corrected chi connectivity index (χ2v) is 3.60. The van der Waals surface area contributed by atoms with Crippen LogP contribution in [0, 0.1) is 0 Å². The fourth-order valence-electron chi connectivity index (χ4n) is 1.22. The Labute approximate surface area is 97.0 Å². The average Bonchev–Trinajstić information content (AvgIpc) is 2.32. The summed E-state index contributed by atoms with van der Waals surface area (Å²) in [6.45, 7) is 3.62. The highest BCUT2D eigenvalue weighted by atomic mass is 16.5. The van der Waals surface area contributed by atoms with Gasteiger partial charge in [-0.1, -0.05) is 13.3 Å². The molecule has 90 valence electrons. The van der Waals surface area contributed by atoms with E-state index in [4.69, 9.17) is 14.6 Å². The van der Waals surface area contributed by atoms with Crippen molar-refractivity contribution in [2.75, 3.05) is 19.8 Å². The van der Waals surface area contributed by atoms with Gasteiger partial charge in [0.25, 0.3) is 0 Å². The Hall–Kier alpha value is -1.22. The minimum Gasteiger partial charge on any atom is -0.494 e. The van der Waals surface area contributed by atoms with Gasteiger partial charge in [0.2, 0.25) is 0 Å². The fraction of sp³-hybridized carbons (Fsp3) is 0.538. The maximum absolute atomic E-state index is 8.61. The summed E-state index contributed by atoms with van der Waals surface area (Å²) >= 11 is 0. The van der Waals surface area contributed by atoms with Gasteiger partial charge in [0, 0.05) is 13.0 Å². The molecule has 0 unspecified atom stereocenters. The molecule has 0 aromatic heterocycles. The highest BCUT2D eigenvalue weighted by Gasteiger charge is 1.96. The summed E-state index contributed by atoms with van der Waals surface area (Å²) in [6, 6.07) is 7.59. The van der Waals surface area contributed by atoms with Crippen LogP contribution in [0.3, 0.4) is 0 Å². The van der Waals surface area contributed by atoms with Gasteiger partial charge < -0.3 is 14.6 Å². The van der Waals surface area contributed by atoms with Crippen LogP contribution in [0.4, 0.5) is 0 Å². The van der Waals surface area contributed by atoms with Crippen LogP contribution in [0.2, 0.25) is 0 Å². The number of aliphatic hydroxyl groups excluding tert-OH is 1. The van der Waals surface area contributed by atoms with Crippen LogP contribution < -0.4 is 9.47 Å². The second-order valence-electron chi connectivity index (χ2n) is 3.60. The number of ether oxygens (including phenoxy) is 2. The first kappa shape index (κ1) is 12.8. The van der Waals surface area contributed by atoms with Crippen LogP contribution in [0.15, 0.2) is 24.3 Å². The van der Waals surface area contributed by atoms with Gasteiger partial charge in [0.15, 0.2) is 0 Å². The molecule has 0 fully saturated rings. The highest BCUT2D eigenvalue weighted by Crippen LogP contribution is 2.17. The standard InChI is InChI=1S/C13H20O3/c1-2-3-10-15-12-5-7-13(8-6-12)16-11-4-9-14/h5-8,14H,2-4,9-11H2,1H3. The number of hydrogen-bond acceptors (Lipinski definition) is 3. The molecule has 0 aliphatic heterocycles. The second kappa shape index (κ2) is 7.99. The number of aliphatic hydroxyl groups is 1. The zero-order valence-corrected chi connectivity index (χ0v) is 9.82. The molecule has 0 spiro atoms. The molecule has 3 heteroatoms. The van der Waals surface area contributed by atoms with E-state index in [1.807, 2.05) is 24.3 Å². The molecule has 0 atom stereocenters. The first-order valence-corrected chi connectivity index (χ1v) is 5.83. The highest BCUT2D eigenvalue weighted by molar-refractivity contribution is 5.31. The van der Waals surface area contributed by atoms with E-state index in [9.17, 15) is 0 Å². The molecule has 0 aliphatic rings. The number of unbranched alkanes of at least 4 members (excludes halogenated alkanes) is 1. The summed E-state index contributed by atoms with van der Waals surface area (Å²) in [5.41, 5.74) is 0. The Bertz CT molecular complexity index is 240. The van der Waals surface area contributed by atoms with E-state index in [1.165, 1.54) is 0 Å². The molecule has 0 amide bonds. The van der Waals surface area contributed by atoms with Crippen LogP contribution in [0.25, 0.3) is 0 Å². The van der Waals surface area contributed by atoms with Crippen LogP contribution in [0.5, 0.6) is 11.5 Å². The van der Waals surface area contributed by atoms with Crippen molar-refractivity contribution >= 4 is 0 Å². The van der Waals surface area contributed by atoms with Gasteiger partial charge in [-0.3, -0.25) is 0 Å². The first-order valence-electron chi connectivity index (χ1n) is 5.83. The van der Waals surface area contributed by atoms with Crippen molar-refractivity contribution in [1.29, 1.82) is 0 Å². The van der Waals surface area contributed by atoms with Gasteiger partial charge in [-0.15, -0.1) is 0 Å². The van der Waals surface area contributed by atoms with Gasteiger partial charge >= 0.3 is 0 Å². The van der Waals surface area contributed by atoms with E-state index >= 15 is 0 Å². The predicted molar refractivity (Wildman–Crippen MR) is 64.0 cm³/mol. The molecular weight excluding hydrogens is 204 g/mol. The van der Waals surface area contributed by atoms with Crippen molar-refractivity contribution in [3.8, 4) is 11.5 Å². The van der Waals surface area contributed by atoms with Gasteiger partial charge in [-0.05, 0) is 30.7 Å². The normalized spacial score (nSPS) is 10.1. The van der Waals surface area contributed by atoms with Gasteiger partial charge in [-0.25, -0.2) is 0 Å². The van der Waals surface area contributed by atoms with Crippen molar-refractivity contribution < 1.29 is 14.6 Å². The smallest absolute Gasteiger partial charge is 0.119 e. The maximum Gasteiger partial charge on any atom is 0.119 e. The largest absolute Gasteiger partial charge is 0.494 e. The SMILES string of the molecule is CCCCOc1ccc(OCCCO)cc1. The Morgan fingerprint density at radius 3 is 1.88 bits per heavy atom. The summed E-state index contributed by atoms with van der Waals surface area (Å²) in [4.78, 5) is 0. The quantitative estimate of drug-likeness (QED) is 0.690. The molecule has 0 saturated carbocycles. The van der Waals surface area contributed by atoms with Gasteiger partial charge in [0.05, 0.1) is 13.2 Å². The van der Waals surface area contributed by atoms with Gasteiger partial charge in [-0.2, -0.15) is 0 Å². The Balaban J connectivity index is 2.30. The van der Waals surface area contributed by atoms with Crippen molar-refractivity contribution in [1.82, 2.24) is 0 Å². The van der Waals surface area contributed by atoms with Crippen LogP contribution in [-0.4, -0.2) is 24.9 Å². The van der Waals surface area contributed by atoms with E-state index in [0.717, 1.165) is 30.9 Å². The zero-order chi connectivity index (χ0) is 11.6. The van der Waals surface area contributed by atoms with Crippen LogP contribution in [0.1, 0.15) is 26.2 Å². The molecule has 1 aromatic carbocycles. The summed E-state index contributed by atoms with van der Waals surface area (Å²) in [5.74, 6) is 1.69. The van der Waals surface area contributed by atoms with E-state index in [-0.39, 0.29) is 6.61 Å². The molecule has 1 rings (SSSR count). The lowest BCUT2D eigenvalue weighted by Crippen LogP contribution is -2.00. The van der Waals surface area contributed by atoms with E-state index in [2.05, 4.69) is 6.92 Å². The molecule has 1 N–H and O–H groups in total. The van der Waals surface area contributed by atoms with Crippen molar-refractivity contribution in [2.24, 2.45) is 0 Å². The molecular formula is C13H20O3. The molecule has 0 heterocycles. The minimum atomic E-state index is 0.165. The topological polar surface area (TPSA) is 38.7 Å². The number of benzene rings is 1. The van der Waals surface area contributed by atoms with Crippen molar-refractivity contribution in [3.05, 3.63) is 24.3 Å². The fourth-order valence-corrected chi connectivity index (χ4v) is 1.22. The summed E-state index contributed by atoms with van der Waals surface area (Å²) in [7, 11) is 0. The number of hydrogen-bond donors (Lipinski definition) is 1. The predicted octanol–water partition coefficient (Wildman–Crippen LogP) is 2.63. The molecule has 16 heavy (non-hydrogen) atoms. The Kier molecular flexibility index (Phi) is 6.42. The third-order valence-electron chi connectivity index (χ3n) is 2.16. The molecule has 1 aromatic rings. The van der Waals surface area contributed by atoms with E-state index < -0.39 is 0 Å². The monoisotopic (exact) mass is 224 g/mol. The van der Waals surface area contributed by atoms with Crippen molar-refractivity contribution in [3.63, 3.8) is 0 Å². The summed E-state index contributed by atoms with van der Waals surface area (Å²) < 4.78 is 10.9. The number of rotatable bonds is 8. The zero-order valence-electron chi connectivity index (χ0n) is 9.82. The lowest BCUT2D eigenvalue weighted by atomic mass is 10.3. The molecule has 3 nitrogen and oxygen atoms in total. The molecule has 0 radical (unpaired) electrons. The Morgan fingerprint density at radius 2 is 1.44 bits per heavy atom. The maximum atomic E-state index is 8.61. The third kappa shape index (κ3) is 5.03. The summed E-state index contributed by atoms with van der Waals surface area (Å²) in [6.07, 6.45) is 2.88. The Morgan fingerprint density at radius 1 is 0.938 bits per heavy atom. The molecule has 0 saturated heterocycles. The minimum absolute atomic E-state index is 0.165. The van der Waals surface area contributed by atoms with E-state index in [0.29, 0.717) is 13.0 Å². The molecule has 0 aliphatic carbocycles. The van der Waals surface area contributed by atoms with E-state index in [1.54, 1.807) is 0 Å². The summed E-state index contributed by atoms with van der Waals surface area (Å²) in [5, 5.41) is 8.61. The average molecular weight is 224 g/mol. The van der Waals surface area contributed by atoms with Crippen molar-refractivity contribution in [2.45, 2.75) is 26.2 Å². The first-order chi connectivity index (χ1) is 7.86. The molecule has 0 bridgehead atoms. The van der Waals surface area contributed by atoms with Crippen LogP contribution in [-0.2, 0) is 0 Å². The lowest BCUT2D eigenvalue weighted by molar-refractivity contribution is 0.233.